The number of aryl methyl sites for hydroxylation is 2. The molecule has 0 fully saturated rings. The molecular formula is C22H26N6OS. The number of carbonyl (C=O) groups is 1. The first-order chi connectivity index (χ1) is 14.4. The van der Waals surface area contributed by atoms with E-state index in [1.54, 1.807) is 0 Å². The van der Waals surface area contributed by atoms with Crippen LogP contribution in [0.1, 0.15) is 31.4 Å². The van der Waals surface area contributed by atoms with Gasteiger partial charge >= 0.3 is 0 Å². The molecule has 0 spiro atoms. The van der Waals surface area contributed by atoms with E-state index in [-0.39, 0.29) is 5.91 Å². The monoisotopic (exact) mass is 422 g/mol. The lowest BCUT2D eigenvalue weighted by atomic mass is 10.0. The Morgan fingerprint density at radius 1 is 1.13 bits per heavy atom. The molecule has 0 saturated carbocycles. The van der Waals surface area contributed by atoms with Crippen LogP contribution in [0.25, 0.3) is 22.4 Å². The number of rotatable bonds is 7. The van der Waals surface area contributed by atoms with Gasteiger partial charge in [0.1, 0.15) is 5.52 Å². The molecule has 156 valence electrons. The second kappa shape index (κ2) is 8.47. The van der Waals surface area contributed by atoms with E-state index in [2.05, 4.69) is 61.4 Å². The Kier molecular flexibility index (Phi) is 5.76. The number of fused-ring (bicyclic) bond motifs is 3. The van der Waals surface area contributed by atoms with Crippen molar-refractivity contribution in [2.45, 2.75) is 39.3 Å². The van der Waals surface area contributed by atoms with Crippen LogP contribution < -0.4 is 5.32 Å². The fraction of sp³-hybridized carbons (Fsp3) is 0.364. The van der Waals surface area contributed by atoms with E-state index >= 15 is 0 Å². The highest BCUT2D eigenvalue weighted by atomic mass is 32.2. The van der Waals surface area contributed by atoms with Crippen LogP contribution in [0.2, 0.25) is 0 Å². The number of benzene rings is 1. The van der Waals surface area contributed by atoms with E-state index in [4.69, 9.17) is 5.10 Å². The Morgan fingerprint density at radius 3 is 2.73 bits per heavy atom. The number of carbonyl (C=O) groups excluding carboxylic acids is 1. The molecule has 30 heavy (non-hydrogen) atoms. The van der Waals surface area contributed by atoms with E-state index < -0.39 is 0 Å². The molecule has 3 aromatic heterocycles. The Labute approximate surface area is 179 Å². The smallest absolute Gasteiger partial charge is 0.230 e. The second-order valence-corrected chi connectivity index (χ2v) is 8.90. The van der Waals surface area contributed by atoms with Crippen molar-refractivity contribution in [1.29, 1.82) is 0 Å². The maximum absolute atomic E-state index is 12.1. The number of thioether (sulfide) groups is 1. The van der Waals surface area contributed by atoms with Gasteiger partial charge in [-0.05, 0) is 49.4 Å². The Balaban J connectivity index is 1.55. The van der Waals surface area contributed by atoms with Crippen molar-refractivity contribution in [3.63, 3.8) is 0 Å². The Morgan fingerprint density at radius 2 is 1.97 bits per heavy atom. The average Bonchev–Trinajstić information content (AvgIpc) is 3.31. The van der Waals surface area contributed by atoms with Crippen LogP contribution in [-0.2, 0) is 4.79 Å². The molecule has 0 bridgehead atoms. The molecule has 4 aromatic rings. The van der Waals surface area contributed by atoms with Crippen LogP contribution in [0.15, 0.2) is 41.8 Å². The number of nitrogens with one attached hydrogen (secondary N) is 1. The molecule has 0 saturated heterocycles. The van der Waals surface area contributed by atoms with Gasteiger partial charge < -0.3 is 5.32 Å². The Hall–Kier alpha value is -2.87. The molecule has 3 heterocycles. The second-order valence-electron chi connectivity index (χ2n) is 7.95. The lowest BCUT2D eigenvalue weighted by molar-refractivity contribution is -0.118. The normalized spacial score (nSPS) is 11.6. The zero-order chi connectivity index (χ0) is 21.3. The van der Waals surface area contributed by atoms with Crippen molar-refractivity contribution < 1.29 is 4.79 Å². The van der Waals surface area contributed by atoms with Gasteiger partial charge in [-0.3, -0.25) is 9.20 Å². The van der Waals surface area contributed by atoms with E-state index in [0.717, 1.165) is 28.8 Å². The van der Waals surface area contributed by atoms with Crippen molar-refractivity contribution in [2.75, 3.05) is 12.3 Å². The zero-order valence-corrected chi connectivity index (χ0v) is 18.5. The third kappa shape index (κ3) is 4.18. The summed E-state index contributed by atoms with van der Waals surface area (Å²) in [5.74, 6) is 0.905. The van der Waals surface area contributed by atoms with E-state index in [9.17, 15) is 4.79 Å². The molecule has 0 radical (unpaired) electrons. The van der Waals surface area contributed by atoms with Crippen LogP contribution >= 0.6 is 11.8 Å². The number of nitrogens with zero attached hydrogens (tertiary/aromatic N) is 5. The van der Waals surface area contributed by atoms with E-state index in [1.807, 2.05) is 27.4 Å². The molecule has 0 aliphatic carbocycles. The number of amides is 1. The molecular weight excluding hydrogens is 396 g/mol. The van der Waals surface area contributed by atoms with Gasteiger partial charge in [0.25, 0.3) is 0 Å². The summed E-state index contributed by atoms with van der Waals surface area (Å²) in [6.07, 6.45) is 4.76. The third-order valence-corrected chi connectivity index (χ3v) is 6.11. The molecule has 1 amide bonds. The largest absolute Gasteiger partial charge is 0.355 e. The summed E-state index contributed by atoms with van der Waals surface area (Å²) in [5.41, 5.74) is 6.08. The fourth-order valence-corrected chi connectivity index (χ4v) is 3.96. The standard InChI is InChI=1S/C22H26N6OS/c1-14(2)7-8-23-20(29)13-30-22-25-24-21-19-12-18(26-28(19)10-9-27(21)22)17-6-5-15(3)16(4)11-17/h5-6,9-12,14H,7-8,13H2,1-4H3,(H,23,29). The summed E-state index contributed by atoms with van der Waals surface area (Å²) >= 11 is 1.39. The minimum atomic E-state index is 0.0138. The number of hydrogen-bond donors (Lipinski definition) is 1. The highest BCUT2D eigenvalue weighted by molar-refractivity contribution is 7.99. The van der Waals surface area contributed by atoms with Crippen LogP contribution in [-0.4, -0.2) is 42.4 Å². The summed E-state index contributed by atoms with van der Waals surface area (Å²) < 4.78 is 3.73. The number of aromatic nitrogens is 5. The van der Waals surface area contributed by atoms with Gasteiger partial charge in [0.2, 0.25) is 5.91 Å². The minimum Gasteiger partial charge on any atom is -0.355 e. The third-order valence-electron chi connectivity index (χ3n) is 5.17. The predicted molar refractivity (Wildman–Crippen MR) is 120 cm³/mol. The zero-order valence-electron chi connectivity index (χ0n) is 17.7. The lowest BCUT2D eigenvalue weighted by Gasteiger charge is -2.06. The van der Waals surface area contributed by atoms with Crippen molar-refractivity contribution in [1.82, 2.24) is 29.5 Å². The summed E-state index contributed by atoms with van der Waals surface area (Å²) in [7, 11) is 0. The Bertz CT molecular complexity index is 1210. The van der Waals surface area contributed by atoms with Gasteiger partial charge in [0.15, 0.2) is 10.8 Å². The molecule has 8 heteroatoms. The van der Waals surface area contributed by atoms with Gasteiger partial charge in [0.05, 0.1) is 11.4 Å². The maximum Gasteiger partial charge on any atom is 0.230 e. The minimum absolute atomic E-state index is 0.0138. The summed E-state index contributed by atoms with van der Waals surface area (Å²) in [6, 6.07) is 8.38. The van der Waals surface area contributed by atoms with Crippen LogP contribution in [0.3, 0.4) is 0 Å². The summed E-state index contributed by atoms with van der Waals surface area (Å²) in [5, 5.41) is 17.0. The quantitative estimate of drug-likeness (QED) is 0.457. The molecule has 0 aliphatic heterocycles. The van der Waals surface area contributed by atoms with Crippen LogP contribution in [0, 0.1) is 19.8 Å². The molecule has 0 unspecified atom stereocenters. The molecule has 1 aromatic carbocycles. The van der Waals surface area contributed by atoms with Crippen LogP contribution in [0.4, 0.5) is 0 Å². The number of hydrogen-bond acceptors (Lipinski definition) is 5. The van der Waals surface area contributed by atoms with Crippen molar-refractivity contribution in [3.8, 4) is 11.3 Å². The average molecular weight is 423 g/mol. The maximum atomic E-state index is 12.1. The van der Waals surface area contributed by atoms with Crippen molar-refractivity contribution >= 4 is 28.8 Å². The van der Waals surface area contributed by atoms with Crippen LogP contribution in [0.5, 0.6) is 0 Å². The van der Waals surface area contributed by atoms with Gasteiger partial charge in [-0.2, -0.15) is 5.10 Å². The topological polar surface area (TPSA) is 76.6 Å². The molecule has 4 rings (SSSR count). The first-order valence-corrected chi connectivity index (χ1v) is 11.1. The molecule has 0 aliphatic rings. The summed E-state index contributed by atoms with van der Waals surface area (Å²) in [6.45, 7) is 9.20. The van der Waals surface area contributed by atoms with E-state index in [1.165, 1.54) is 22.9 Å². The predicted octanol–water partition coefficient (Wildman–Crippen LogP) is 3.92. The highest BCUT2D eigenvalue weighted by Crippen LogP contribution is 2.25. The van der Waals surface area contributed by atoms with Gasteiger partial charge in [-0.1, -0.05) is 37.7 Å². The molecule has 1 N–H and O–H groups in total. The fourth-order valence-electron chi connectivity index (χ4n) is 3.21. The van der Waals surface area contributed by atoms with Gasteiger partial charge in [-0.25, -0.2) is 4.52 Å². The first kappa shape index (κ1) is 20.4. The molecule has 7 nitrogen and oxygen atoms in total. The van der Waals surface area contributed by atoms with Crippen molar-refractivity contribution in [3.05, 3.63) is 47.8 Å². The lowest BCUT2D eigenvalue weighted by Crippen LogP contribution is -2.27. The molecule has 0 atom stereocenters. The first-order valence-electron chi connectivity index (χ1n) is 10.1. The van der Waals surface area contributed by atoms with Gasteiger partial charge in [-0.15, -0.1) is 10.2 Å². The van der Waals surface area contributed by atoms with Crippen molar-refractivity contribution in [2.24, 2.45) is 5.92 Å². The van der Waals surface area contributed by atoms with Gasteiger partial charge in [0, 0.05) is 24.5 Å². The summed E-state index contributed by atoms with van der Waals surface area (Å²) in [4.78, 5) is 12.1. The van der Waals surface area contributed by atoms with E-state index in [0.29, 0.717) is 23.4 Å². The highest BCUT2D eigenvalue weighted by Gasteiger charge is 2.14. The SMILES string of the molecule is Cc1ccc(-c2cc3c4nnc(SCC(=O)NCCC(C)C)n4ccn3n2)cc1C.